The maximum Gasteiger partial charge on any atom is 0.253 e. The summed E-state index contributed by atoms with van der Waals surface area (Å²) in [5.41, 5.74) is 8.19. The Kier molecular flexibility index (Phi) is 3.37. The van der Waals surface area contributed by atoms with E-state index in [2.05, 4.69) is 29.3 Å². The van der Waals surface area contributed by atoms with Gasteiger partial charge in [-0.15, -0.1) is 0 Å². The lowest BCUT2D eigenvalue weighted by Gasteiger charge is -2.47. The molecule has 1 aromatic carbocycles. The summed E-state index contributed by atoms with van der Waals surface area (Å²) in [6.45, 7) is 0.688. The van der Waals surface area contributed by atoms with Gasteiger partial charge in [-0.1, -0.05) is 0 Å². The SMILES string of the molecule is CN(C)C1(CNC(=O)c2c[nH]c3ccc(N)cc23)CCC1. The second kappa shape index (κ2) is 5.07. The summed E-state index contributed by atoms with van der Waals surface area (Å²) in [4.78, 5) is 17.8. The van der Waals surface area contributed by atoms with Crippen molar-refractivity contribution in [2.45, 2.75) is 24.8 Å². The Morgan fingerprint density at radius 3 is 2.81 bits per heavy atom. The van der Waals surface area contributed by atoms with E-state index >= 15 is 0 Å². The van der Waals surface area contributed by atoms with Crippen LogP contribution in [0.3, 0.4) is 0 Å². The third-order valence-electron chi connectivity index (χ3n) is 4.76. The minimum atomic E-state index is -0.0417. The Hall–Kier alpha value is -2.01. The summed E-state index contributed by atoms with van der Waals surface area (Å²) >= 11 is 0. The highest BCUT2D eigenvalue weighted by molar-refractivity contribution is 6.07. The summed E-state index contributed by atoms with van der Waals surface area (Å²) in [7, 11) is 4.16. The number of amides is 1. The highest BCUT2D eigenvalue weighted by Crippen LogP contribution is 2.35. The summed E-state index contributed by atoms with van der Waals surface area (Å²) in [5, 5.41) is 3.95. The number of nitrogens with one attached hydrogen (secondary N) is 2. The fourth-order valence-electron chi connectivity index (χ4n) is 3.03. The molecule has 1 saturated carbocycles. The molecular formula is C16H22N4O. The number of H-pyrrole nitrogens is 1. The number of hydrogen-bond donors (Lipinski definition) is 3. The lowest BCUT2D eigenvalue weighted by Crippen LogP contribution is -2.57. The molecule has 1 aliphatic carbocycles. The van der Waals surface area contributed by atoms with Crippen molar-refractivity contribution in [2.75, 3.05) is 26.4 Å². The van der Waals surface area contributed by atoms with E-state index in [1.807, 2.05) is 18.2 Å². The van der Waals surface area contributed by atoms with Crippen molar-refractivity contribution in [2.24, 2.45) is 0 Å². The van der Waals surface area contributed by atoms with E-state index in [4.69, 9.17) is 5.73 Å². The summed E-state index contributed by atoms with van der Waals surface area (Å²) < 4.78 is 0. The Bertz CT molecular complexity index is 670. The van der Waals surface area contributed by atoms with Crippen molar-refractivity contribution in [3.05, 3.63) is 30.0 Å². The fourth-order valence-corrected chi connectivity index (χ4v) is 3.03. The molecule has 2 aromatic rings. The molecular weight excluding hydrogens is 264 g/mol. The van der Waals surface area contributed by atoms with Crippen LogP contribution in [-0.4, -0.2) is 42.0 Å². The second-order valence-electron chi connectivity index (χ2n) is 6.16. The largest absolute Gasteiger partial charge is 0.399 e. The zero-order chi connectivity index (χ0) is 15.0. The molecule has 21 heavy (non-hydrogen) atoms. The van der Waals surface area contributed by atoms with Crippen LogP contribution in [0, 0.1) is 0 Å². The maximum atomic E-state index is 12.4. The number of likely N-dealkylation sites (N-methyl/N-ethyl adjacent to an activating group) is 1. The van der Waals surface area contributed by atoms with Gasteiger partial charge in [0.1, 0.15) is 0 Å². The molecule has 1 heterocycles. The molecule has 0 atom stereocenters. The van der Waals surface area contributed by atoms with Crippen molar-refractivity contribution in [1.82, 2.24) is 15.2 Å². The Labute approximate surface area is 124 Å². The first kappa shape index (κ1) is 13.9. The van der Waals surface area contributed by atoms with Crippen molar-refractivity contribution < 1.29 is 4.79 Å². The van der Waals surface area contributed by atoms with Crippen molar-refractivity contribution in [3.8, 4) is 0 Å². The van der Waals surface area contributed by atoms with Crippen LogP contribution in [0.15, 0.2) is 24.4 Å². The summed E-state index contributed by atoms with van der Waals surface area (Å²) in [6, 6.07) is 5.57. The predicted molar refractivity (Wildman–Crippen MR) is 85.3 cm³/mol. The van der Waals surface area contributed by atoms with E-state index < -0.39 is 0 Å². The Morgan fingerprint density at radius 1 is 1.43 bits per heavy atom. The van der Waals surface area contributed by atoms with Gasteiger partial charge in [0.15, 0.2) is 0 Å². The molecule has 3 rings (SSSR count). The number of nitrogens with two attached hydrogens (primary N) is 1. The van der Waals surface area contributed by atoms with E-state index in [9.17, 15) is 4.79 Å². The third-order valence-corrected chi connectivity index (χ3v) is 4.76. The molecule has 0 spiro atoms. The average molecular weight is 286 g/mol. The number of carbonyl (C=O) groups is 1. The molecule has 4 N–H and O–H groups in total. The van der Waals surface area contributed by atoms with Gasteiger partial charge in [-0.3, -0.25) is 4.79 Å². The molecule has 0 saturated heterocycles. The monoisotopic (exact) mass is 286 g/mol. The molecule has 1 amide bonds. The van der Waals surface area contributed by atoms with Crippen molar-refractivity contribution in [3.63, 3.8) is 0 Å². The normalized spacial score (nSPS) is 16.9. The van der Waals surface area contributed by atoms with Crippen LogP contribution in [0.25, 0.3) is 10.9 Å². The number of carbonyl (C=O) groups excluding carboxylic acids is 1. The first-order valence-electron chi connectivity index (χ1n) is 7.34. The zero-order valence-electron chi connectivity index (χ0n) is 12.6. The van der Waals surface area contributed by atoms with Crippen molar-refractivity contribution in [1.29, 1.82) is 0 Å². The van der Waals surface area contributed by atoms with Crippen LogP contribution in [0.2, 0.25) is 0 Å². The van der Waals surface area contributed by atoms with Crippen LogP contribution in [0.5, 0.6) is 0 Å². The molecule has 0 radical (unpaired) electrons. The quantitative estimate of drug-likeness (QED) is 0.752. The first-order valence-corrected chi connectivity index (χ1v) is 7.34. The number of hydrogen-bond acceptors (Lipinski definition) is 3. The summed E-state index contributed by atoms with van der Waals surface area (Å²) in [6.07, 6.45) is 5.27. The Morgan fingerprint density at radius 2 is 2.19 bits per heavy atom. The third kappa shape index (κ3) is 2.38. The predicted octanol–water partition coefficient (Wildman–Crippen LogP) is 1.96. The fraction of sp³-hybridized carbons (Fsp3) is 0.438. The van der Waals surface area contributed by atoms with Gasteiger partial charge in [-0.2, -0.15) is 0 Å². The van der Waals surface area contributed by atoms with Gasteiger partial charge in [-0.25, -0.2) is 0 Å². The van der Waals surface area contributed by atoms with Gasteiger partial charge in [-0.05, 0) is 51.6 Å². The highest BCUT2D eigenvalue weighted by Gasteiger charge is 2.39. The number of aromatic amines is 1. The molecule has 0 bridgehead atoms. The van der Waals surface area contributed by atoms with Gasteiger partial charge >= 0.3 is 0 Å². The lowest BCUT2D eigenvalue weighted by atomic mass is 9.75. The first-order chi connectivity index (χ1) is 10.0. The standard InChI is InChI=1S/C16H22N4O/c1-20(2)16(6-3-7-16)10-19-15(21)13-9-18-14-5-4-11(17)8-12(13)14/h4-5,8-9,18H,3,6-7,10,17H2,1-2H3,(H,19,21). The van der Waals surface area contributed by atoms with Crippen LogP contribution >= 0.6 is 0 Å². The number of anilines is 1. The number of nitrogen functional groups attached to an aromatic ring is 1. The molecule has 5 nitrogen and oxygen atoms in total. The summed E-state index contributed by atoms with van der Waals surface area (Å²) in [5.74, 6) is -0.0417. The van der Waals surface area contributed by atoms with E-state index in [1.165, 1.54) is 6.42 Å². The van der Waals surface area contributed by atoms with E-state index in [0.29, 0.717) is 17.8 Å². The van der Waals surface area contributed by atoms with Gasteiger partial charge in [0, 0.05) is 34.9 Å². The van der Waals surface area contributed by atoms with Crippen LogP contribution in [0.1, 0.15) is 29.6 Å². The molecule has 1 fully saturated rings. The van der Waals surface area contributed by atoms with Crippen LogP contribution < -0.4 is 11.1 Å². The molecule has 0 aliphatic heterocycles. The molecule has 0 unspecified atom stereocenters. The molecule has 1 aliphatic rings. The molecule has 5 heteroatoms. The van der Waals surface area contributed by atoms with Gasteiger partial charge < -0.3 is 20.9 Å². The van der Waals surface area contributed by atoms with Gasteiger partial charge in [0.2, 0.25) is 0 Å². The topological polar surface area (TPSA) is 74.2 Å². The van der Waals surface area contributed by atoms with E-state index in [0.717, 1.165) is 23.7 Å². The number of benzene rings is 1. The maximum absolute atomic E-state index is 12.4. The second-order valence-corrected chi connectivity index (χ2v) is 6.16. The molecule has 1 aromatic heterocycles. The Balaban J connectivity index is 1.77. The number of fused-ring (bicyclic) bond motifs is 1. The number of rotatable bonds is 4. The highest BCUT2D eigenvalue weighted by atomic mass is 16.1. The van der Waals surface area contributed by atoms with Crippen LogP contribution in [-0.2, 0) is 0 Å². The van der Waals surface area contributed by atoms with Crippen molar-refractivity contribution >= 4 is 22.5 Å². The van der Waals surface area contributed by atoms with E-state index in [1.54, 1.807) is 6.20 Å². The number of nitrogens with zero attached hydrogens (tertiary/aromatic N) is 1. The van der Waals surface area contributed by atoms with Crippen LogP contribution in [0.4, 0.5) is 5.69 Å². The smallest absolute Gasteiger partial charge is 0.253 e. The van der Waals surface area contributed by atoms with Gasteiger partial charge in [0.25, 0.3) is 5.91 Å². The zero-order valence-corrected chi connectivity index (χ0v) is 12.6. The minimum Gasteiger partial charge on any atom is -0.399 e. The average Bonchev–Trinajstić information content (AvgIpc) is 2.79. The minimum absolute atomic E-state index is 0.0417. The molecule has 112 valence electrons. The van der Waals surface area contributed by atoms with E-state index in [-0.39, 0.29) is 11.4 Å². The number of aromatic nitrogens is 1. The van der Waals surface area contributed by atoms with Gasteiger partial charge in [0.05, 0.1) is 5.56 Å². The lowest BCUT2D eigenvalue weighted by molar-refractivity contribution is 0.0558.